The fourth-order valence-electron chi connectivity index (χ4n) is 2.73. The maximum absolute atomic E-state index is 12.4. The first-order valence-corrected chi connectivity index (χ1v) is 9.47. The zero-order valence-corrected chi connectivity index (χ0v) is 14.1. The number of amides is 2. The number of para-hydroxylation sites is 1. The molecule has 0 saturated heterocycles. The third-order valence-electron chi connectivity index (χ3n) is 3.87. The molecular weight excluding hydrogens is 326 g/mol. The van der Waals surface area contributed by atoms with Gasteiger partial charge >= 0.3 is 6.03 Å². The molecule has 0 unspecified atom stereocenters. The number of rotatable bonds is 4. The normalized spacial score (nSPS) is 13.5. The summed E-state index contributed by atoms with van der Waals surface area (Å²) in [6.07, 6.45) is 1.10. The van der Waals surface area contributed by atoms with Crippen LogP contribution >= 0.6 is 0 Å². The van der Waals surface area contributed by atoms with Crippen molar-refractivity contribution in [1.29, 1.82) is 0 Å². The third kappa shape index (κ3) is 3.86. The van der Waals surface area contributed by atoms with Crippen molar-refractivity contribution in [2.45, 2.75) is 19.6 Å². The van der Waals surface area contributed by atoms with Crippen LogP contribution in [0.1, 0.15) is 16.7 Å². The Morgan fingerprint density at radius 1 is 1.04 bits per heavy atom. The molecule has 0 atom stereocenters. The van der Waals surface area contributed by atoms with Gasteiger partial charge in [0.1, 0.15) is 0 Å². The van der Waals surface area contributed by atoms with Crippen LogP contribution in [-0.4, -0.2) is 25.6 Å². The fraction of sp³-hybridized carbons (Fsp3) is 0.235. The number of hydrogen-bond acceptors (Lipinski definition) is 3. The van der Waals surface area contributed by atoms with Crippen LogP contribution in [-0.2, 0) is 29.7 Å². The average molecular weight is 345 g/mol. The second-order valence-electron chi connectivity index (χ2n) is 5.81. The van der Waals surface area contributed by atoms with E-state index in [1.54, 1.807) is 29.2 Å². The first kappa shape index (κ1) is 16.3. The first-order chi connectivity index (χ1) is 11.4. The lowest BCUT2D eigenvalue weighted by molar-refractivity contribution is 0.198. The summed E-state index contributed by atoms with van der Waals surface area (Å²) in [5.41, 5.74) is 3.51. The van der Waals surface area contributed by atoms with Crippen LogP contribution in [0.15, 0.2) is 48.5 Å². The van der Waals surface area contributed by atoms with Gasteiger partial charge in [0, 0.05) is 19.6 Å². The number of sulfonamides is 1. The maximum Gasteiger partial charge on any atom is 0.318 e. The van der Waals surface area contributed by atoms with Gasteiger partial charge in [0.2, 0.25) is 10.0 Å². The molecule has 0 saturated carbocycles. The van der Waals surface area contributed by atoms with E-state index in [4.69, 9.17) is 0 Å². The van der Waals surface area contributed by atoms with Gasteiger partial charge in [-0.2, -0.15) is 0 Å². The Labute approximate surface area is 141 Å². The van der Waals surface area contributed by atoms with Crippen molar-refractivity contribution in [1.82, 2.24) is 10.2 Å². The van der Waals surface area contributed by atoms with E-state index in [2.05, 4.69) is 10.0 Å². The SMILES string of the molecule is CS(=O)(=O)Nc1ccccc1CNC(=O)N1Cc2ccccc2C1. The molecule has 0 aromatic heterocycles. The zero-order valence-electron chi connectivity index (χ0n) is 13.3. The summed E-state index contributed by atoms with van der Waals surface area (Å²) in [5.74, 6) is 0. The highest BCUT2D eigenvalue weighted by Crippen LogP contribution is 2.22. The van der Waals surface area contributed by atoms with Gasteiger partial charge in [0.05, 0.1) is 11.9 Å². The number of fused-ring (bicyclic) bond motifs is 1. The van der Waals surface area contributed by atoms with Crippen LogP contribution in [0.2, 0.25) is 0 Å². The van der Waals surface area contributed by atoms with E-state index >= 15 is 0 Å². The van der Waals surface area contributed by atoms with Gasteiger partial charge in [-0.05, 0) is 22.8 Å². The minimum absolute atomic E-state index is 0.166. The molecule has 3 rings (SSSR count). The van der Waals surface area contributed by atoms with E-state index in [0.717, 1.165) is 17.4 Å². The van der Waals surface area contributed by atoms with Crippen LogP contribution in [0, 0.1) is 0 Å². The Balaban J connectivity index is 1.64. The van der Waals surface area contributed by atoms with Crippen LogP contribution in [0.25, 0.3) is 0 Å². The minimum atomic E-state index is -3.36. The summed E-state index contributed by atoms with van der Waals surface area (Å²) in [6.45, 7) is 1.43. The summed E-state index contributed by atoms with van der Waals surface area (Å²) < 4.78 is 25.3. The molecule has 2 aromatic carbocycles. The lowest BCUT2D eigenvalue weighted by atomic mass is 10.1. The molecule has 2 N–H and O–H groups in total. The van der Waals surface area contributed by atoms with Crippen molar-refractivity contribution in [3.8, 4) is 0 Å². The lowest BCUT2D eigenvalue weighted by Gasteiger charge is -2.17. The molecule has 0 aliphatic carbocycles. The number of carbonyl (C=O) groups excluding carboxylic acids is 1. The zero-order chi connectivity index (χ0) is 17.2. The molecule has 6 nitrogen and oxygen atoms in total. The number of nitrogens with one attached hydrogen (secondary N) is 2. The Morgan fingerprint density at radius 3 is 2.25 bits per heavy atom. The summed E-state index contributed by atoms with van der Waals surface area (Å²) in [5, 5.41) is 2.85. The second kappa shape index (κ2) is 6.52. The molecule has 0 spiro atoms. The third-order valence-corrected chi connectivity index (χ3v) is 4.46. The molecule has 1 aliphatic heterocycles. The van der Waals surface area contributed by atoms with Crippen molar-refractivity contribution in [3.63, 3.8) is 0 Å². The summed E-state index contributed by atoms with van der Waals surface area (Å²) in [6, 6.07) is 14.8. The van der Waals surface area contributed by atoms with E-state index in [-0.39, 0.29) is 12.6 Å². The second-order valence-corrected chi connectivity index (χ2v) is 7.56. The number of hydrogen-bond donors (Lipinski definition) is 2. The Hall–Kier alpha value is -2.54. The lowest BCUT2D eigenvalue weighted by Crippen LogP contribution is -2.36. The van der Waals surface area contributed by atoms with Crippen LogP contribution in [0.4, 0.5) is 10.5 Å². The van der Waals surface area contributed by atoms with E-state index in [1.807, 2.05) is 24.3 Å². The number of urea groups is 1. The maximum atomic E-state index is 12.4. The van der Waals surface area contributed by atoms with Gasteiger partial charge in [0.25, 0.3) is 0 Å². The summed E-state index contributed by atoms with van der Waals surface area (Å²) in [4.78, 5) is 14.1. The summed E-state index contributed by atoms with van der Waals surface area (Å²) >= 11 is 0. The molecule has 24 heavy (non-hydrogen) atoms. The smallest absolute Gasteiger partial charge is 0.318 e. The quantitative estimate of drug-likeness (QED) is 0.892. The molecule has 1 heterocycles. The van der Waals surface area contributed by atoms with Gasteiger partial charge < -0.3 is 10.2 Å². The summed E-state index contributed by atoms with van der Waals surface area (Å²) in [7, 11) is -3.36. The van der Waals surface area contributed by atoms with E-state index in [1.165, 1.54) is 0 Å². The molecule has 126 valence electrons. The molecule has 7 heteroatoms. The van der Waals surface area contributed by atoms with Crippen LogP contribution < -0.4 is 10.0 Å². The van der Waals surface area contributed by atoms with Crippen molar-refractivity contribution >= 4 is 21.7 Å². The van der Waals surface area contributed by atoms with Gasteiger partial charge in [-0.25, -0.2) is 13.2 Å². The van der Waals surface area contributed by atoms with E-state index < -0.39 is 10.0 Å². The largest absolute Gasteiger partial charge is 0.334 e. The molecule has 0 radical (unpaired) electrons. The number of benzene rings is 2. The van der Waals surface area contributed by atoms with Gasteiger partial charge in [0.15, 0.2) is 0 Å². The minimum Gasteiger partial charge on any atom is -0.334 e. The van der Waals surface area contributed by atoms with Crippen LogP contribution in [0.3, 0.4) is 0 Å². The highest BCUT2D eigenvalue weighted by atomic mass is 32.2. The van der Waals surface area contributed by atoms with Gasteiger partial charge in [-0.15, -0.1) is 0 Å². The number of carbonyl (C=O) groups is 1. The van der Waals surface area contributed by atoms with Crippen LogP contribution in [0.5, 0.6) is 0 Å². The number of nitrogens with zero attached hydrogens (tertiary/aromatic N) is 1. The molecule has 0 fully saturated rings. The van der Waals surface area contributed by atoms with E-state index in [0.29, 0.717) is 24.3 Å². The fourth-order valence-corrected chi connectivity index (χ4v) is 3.33. The molecule has 0 bridgehead atoms. The van der Waals surface area contributed by atoms with Crippen molar-refractivity contribution < 1.29 is 13.2 Å². The van der Waals surface area contributed by atoms with Crippen molar-refractivity contribution in [3.05, 3.63) is 65.2 Å². The average Bonchev–Trinajstić information content (AvgIpc) is 2.96. The highest BCUT2D eigenvalue weighted by Gasteiger charge is 2.22. The molecule has 1 aliphatic rings. The van der Waals surface area contributed by atoms with Crippen molar-refractivity contribution in [2.24, 2.45) is 0 Å². The first-order valence-electron chi connectivity index (χ1n) is 7.57. The Bertz CT molecular complexity index is 840. The Kier molecular flexibility index (Phi) is 4.44. The predicted molar refractivity (Wildman–Crippen MR) is 92.8 cm³/mol. The van der Waals surface area contributed by atoms with Crippen molar-refractivity contribution in [2.75, 3.05) is 11.0 Å². The van der Waals surface area contributed by atoms with Gasteiger partial charge in [-0.3, -0.25) is 4.72 Å². The monoisotopic (exact) mass is 345 g/mol. The highest BCUT2D eigenvalue weighted by molar-refractivity contribution is 7.92. The molecule has 2 aromatic rings. The molecular formula is C17H19N3O3S. The topological polar surface area (TPSA) is 78.5 Å². The predicted octanol–water partition coefficient (Wildman–Crippen LogP) is 2.28. The standard InChI is InChI=1S/C17H19N3O3S/c1-24(22,23)19-16-9-5-4-6-13(16)10-18-17(21)20-11-14-7-2-3-8-15(14)12-20/h2-9,19H,10-12H2,1H3,(H,18,21). The number of anilines is 1. The van der Waals surface area contributed by atoms with E-state index in [9.17, 15) is 13.2 Å². The Morgan fingerprint density at radius 2 is 1.62 bits per heavy atom. The molecule has 2 amide bonds. The van der Waals surface area contributed by atoms with Gasteiger partial charge in [-0.1, -0.05) is 42.5 Å².